The smallest absolute Gasteiger partial charge is 0.186 e. The largest absolute Gasteiger partial charge is 0.378 e. The number of morpholine rings is 1. The van der Waals surface area contributed by atoms with E-state index in [1.807, 2.05) is 0 Å². The summed E-state index contributed by atoms with van der Waals surface area (Å²) in [7, 11) is 1.68. The molecule has 1 aliphatic heterocycles. The molecule has 0 aliphatic carbocycles. The van der Waals surface area contributed by atoms with Crippen molar-refractivity contribution in [3.8, 4) is 0 Å². The van der Waals surface area contributed by atoms with E-state index in [1.165, 1.54) is 0 Å². The molecule has 1 fully saturated rings. The molecule has 0 bridgehead atoms. The summed E-state index contributed by atoms with van der Waals surface area (Å²) >= 11 is 1.67. The predicted octanol–water partition coefficient (Wildman–Crippen LogP) is 1.36. The summed E-state index contributed by atoms with van der Waals surface area (Å²) in [5.41, 5.74) is 6.72. The van der Waals surface area contributed by atoms with Crippen LogP contribution < -0.4 is 10.6 Å². The number of rotatable bonds is 4. The first-order chi connectivity index (χ1) is 8.65. The lowest BCUT2D eigenvalue weighted by Crippen LogP contribution is -2.47. The first kappa shape index (κ1) is 13.7. The van der Waals surface area contributed by atoms with Crippen molar-refractivity contribution in [2.45, 2.75) is 39.1 Å². The highest BCUT2D eigenvalue weighted by Gasteiger charge is 2.26. The van der Waals surface area contributed by atoms with Crippen LogP contribution in [0.4, 0.5) is 5.13 Å². The summed E-state index contributed by atoms with van der Waals surface area (Å²) in [5.74, 6) is 0. The molecule has 2 rings (SSSR count). The number of anilines is 1. The van der Waals surface area contributed by atoms with Crippen LogP contribution in [0.25, 0.3) is 0 Å². The maximum Gasteiger partial charge on any atom is 0.186 e. The predicted molar refractivity (Wildman–Crippen MR) is 72.9 cm³/mol. The van der Waals surface area contributed by atoms with Gasteiger partial charge in [-0.1, -0.05) is 0 Å². The standard InChI is InChI=1S/C12H21N3O2S/c1-8-6-17-9(2)5-15(8)12-14-10(7-16-3)11(4-13)18-12/h8-9H,4-7,13H2,1-3H3. The van der Waals surface area contributed by atoms with Crippen molar-refractivity contribution in [1.82, 2.24) is 4.98 Å². The van der Waals surface area contributed by atoms with Gasteiger partial charge in [0.2, 0.25) is 0 Å². The van der Waals surface area contributed by atoms with Crippen molar-refractivity contribution in [2.24, 2.45) is 5.73 Å². The second kappa shape index (κ2) is 5.97. The summed E-state index contributed by atoms with van der Waals surface area (Å²) in [6.07, 6.45) is 0.248. The Morgan fingerprint density at radius 1 is 1.56 bits per heavy atom. The SMILES string of the molecule is COCc1nc(N2CC(C)OCC2C)sc1CN. The van der Waals surface area contributed by atoms with Crippen LogP contribution in [-0.4, -0.2) is 37.4 Å². The molecule has 0 aromatic carbocycles. The van der Waals surface area contributed by atoms with Crippen molar-refractivity contribution in [2.75, 3.05) is 25.2 Å². The third-order valence-corrected chi connectivity index (χ3v) is 4.24. The molecule has 5 nitrogen and oxygen atoms in total. The van der Waals surface area contributed by atoms with Gasteiger partial charge in [0.15, 0.2) is 5.13 Å². The Morgan fingerprint density at radius 3 is 3.00 bits per heavy atom. The molecule has 2 atom stereocenters. The van der Waals surface area contributed by atoms with Crippen LogP contribution in [0.2, 0.25) is 0 Å². The van der Waals surface area contributed by atoms with E-state index in [4.69, 9.17) is 15.2 Å². The van der Waals surface area contributed by atoms with Gasteiger partial charge in [-0.05, 0) is 13.8 Å². The number of nitrogens with zero attached hydrogens (tertiary/aromatic N) is 2. The molecule has 2 unspecified atom stereocenters. The average Bonchev–Trinajstić information content (AvgIpc) is 2.76. The first-order valence-corrected chi connectivity index (χ1v) is 7.03. The lowest BCUT2D eigenvalue weighted by Gasteiger charge is -2.36. The molecule has 2 heterocycles. The Hall–Kier alpha value is -0.690. The number of hydrogen-bond acceptors (Lipinski definition) is 6. The van der Waals surface area contributed by atoms with Crippen LogP contribution in [0, 0.1) is 0 Å². The van der Waals surface area contributed by atoms with Gasteiger partial charge in [0.25, 0.3) is 0 Å². The van der Waals surface area contributed by atoms with Crippen LogP contribution in [0.3, 0.4) is 0 Å². The van der Waals surface area contributed by atoms with Gasteiger partial charge < -0.3 is 20.1 Å². The molecular weight excluding hydrogens is 250 g/mol. The van der Waals surface area contributed by atoms with E-state index in [9.17, 15) is 0 Å². The van der Waals surface area contributed by atoms with Gasteiger partial charge >= 0.3 is 0 Å². The minimum absolute atomic E-state index is 0.248. The summed E-state index contributed by atoms with van der Waals surface area (Å²) in [4.78, 5) is 8.08. The van der Waals surface area contributed by atoms with E-state index in [0.717, 1.165) is 28.9 Å². The topological polar surface area (TPSA) is 60.6 Å². The fraction of sp³-hybridized carbons (Fsp3) is 0.750. The molecule has 1 aliphatic rings. The second-order valence-corrected chi connectivity index (χ2v) is 5.71. The second-order valence-electron chi connectivity index (χ2n) is 4.65. The van der Waals surface area contributed by atoms with E-state index in [-0.39, 0.29) is 6.10 Å². The Morgan fingerprint density at radius 2 is 2.33 bits per heavy atom. The zero-order valence-electron chi connectivity index (χ0n) is 11.2. The number of ether oxygens (including phenoxy) is 2. The molecule has 6 heteroatoms. The lowest BCUT2D eigenvalue weighted by molar-refractivity contribution is 0.0343. The fourth-order valence-corrected chi connectivity index (χ4v) is 3.12. The van der Waals surface area contributed by atoms with Crippen molar-refractivity contribution in [3.05, 3.63) is 10.6 Å². The van der Waals surface area contributed by atoms with Gasteiger partial charge in [0.05, 0.1) is 31.1 Å². The van der Waals surface area contributed by atoms with Crippen molar-refractivity contribution in [1.29, 1.82) is 0 Å². The summed E-state index contributed by atoms with van der Waals surface area (Å²) in [5, 5.41) is 1.03. The van der Waals surface area contributed by atoms with Crippen molar-refractivity contribution >= 4 is 16.5 Å². The van der Waals surface area contributed by atoms with Gasteiger partial charge in [-0.25, -0.2) is 4.98 Å². The Balaban J connectivity index is 2.21. The molecular formula is C12H21N3O2S. The molecule has 0 amide bonds. The third-order valence-electron chi connectivity index (χ3n) is 3.09. The molecule has 1 saturated heterocycles. The molecule has 0 saturated carbocycles. The minimum Gasteiger partial charge on any atom is -0.378 e. The van der Waals surface area contributed by atoms with E-state index in [0.29, 0.717) is 19.2 Å². The van der Waals surface area contributed by atoms with E-state index < -0.39 is 0 Å². The Bertz CT molecular complexity index is 397. The molecule has 18 heavy (non-hydrogen) atoms. The number of thiazole rings is 1. The molecule has 1 aromatic heterocycles. The minimum atomic E-state index is 0.248. The fourth-order valence-electron chi connectivity index (χ4n) is 2.07. The lowest BCUT2D eigenvalue weighted by atomic mass is 10.2. The number of hydrogen-bond donors (Lipinski definition) is 1. The zero-order valence-corrected chi connectivity index (χ0v) is 12.0. The normalized spacial score (nSPS) is 24.6. The highest BCUT2D eigenvalue weighted by atomic mass is 32.1. The van der Waals surface area contributed by atoms with Gasteiger partial charge in [-0.3, -0.25) is 0 Å². The maximum absolute atomic E-state index is 5.76. The first-order valence-electron chi connectivity index (χ1n) is 6.21. The Labute approximate surface area is 112 Å². The van der Waals surface area contributed by atoms with Crippen molar-refractivity contribution < 1.29 is 9.47 Å². The molecule has 0 spiro atoms. The van der Waals surface area contributed by atoms with Gasteiger partial charge in [0.1, 0.15) is 0 Å². The van der Waals surface area contributed by atoms with Crippen LogP contribution >= 0.6 is 11.3 Å². The molecule has 102 valence electrons. The van der Waals surface area contributed by atoms with Gasteiger partial charge in [-0.2, -0.15) is 0 Å². The van der Waals surface area contributed by atoms with Crippen LogP contribution in [0.5, 0.6) is 0 Å². The highest BCUT2D eigenvalue weighted by molar-refractivity contribution is 7.15. The van der Waals surface area contributed by atoms with Crippen LogP contribution in [0.1, 0.15) is 24.4 Å². The number of methoxy groups -OCH3 is 1. The number of nitrogens with two attached hydrogens (primary N) is 1. The van der Waals surface area contributed by atoms with Gasteiger partial charge in [-0.15, -0.1) is 11.3 Å². The monoisotopic (exact) mass is 271 g/mol. The summed E-state index contributed by atoms with van der Waals surface area (Å²) < 4.78 is 10.8. The Kier molecular flexibility index (Phi) is 4.55. The third kappa shape index (κ3) is 2.83. The quantitative estimate of drug-likeness (QED) is 0.896. The maximum atomic E-state index is 5.76. The van der Waals surface area contributed by atoms with Crippen LogP contribution in [-0.2, 0) is 22.6 Å². The van der Waals surface area contributed by atoms with Gasteiger partial charge in [0, 0.05) is 25.1 Å². The number of aromatic nitrogens is 1. The summed E-state index contributed by atoms with van der Waals surface area (Å²) in [6, 6.07) is 0.355. The van der Waals surface area contributed by atoms with E-state index in [2.05, 4.69) is 23.7 Å². The molecule has 2 N–H and O–H groups in total. The molecule has 1 aromatic rings. The molecule has 0 radical (unpaired) electrons. The van der Waals surface area contributed by atoms with E-state index >= 15 is 0 Å². The average molecular weight is 271 g/mol. The van der Waals surface area contributed by atoms with E-state index in [1.54, 1.807) is 18.4 Å². The highest BCUT2D eigenvalue weighted by Crippen LogP contribution is 2.29. The van der Waals surface area contributed by atoms with Crippen molar-refractivity contribution in [3.63, 3.8) is 0 Å². The van der Waals surface area contributed by atoms with Crippen LogP contribution in [0.15, 0.2) is 0 Å². The zero-order chi connectivity index (χ0) is 13.1. The summed E-state index contributed by atoms with van der Waals surface area (Å²) in [6.45, 7) is 6.92.